The lowest BCUT2D eigenvalue weighted by Crippen LogP contribution is -2.34. The summed E-state index contributed by atoms with van der Waals surface area (Å²) in [6.45, 7) is 4.41. The molecule has 2 aromatic rings. The normalized spacial score (nSPS) is 15.6. The molecular formula is C19H27N3O3S. The molecule has 0 saturated carbocycles. The second-order valence-corrected chi connectivity index (χ2v) is 7.63. The predicted molar refractivity (Wildman–Crippen MR) is 103 cm³/mol. The molecule has 142 valence electrons. The molecule has 1 aliphatic rings. The first-order chi connectivity index (χ1) is 12.6. The van der Waals surface area contributed by atoms with Crippen LogP contribution >= 0.6 is 11.8 Å². The molecule has 1 aliphatic heterocycles. The molecule has 0 saturated heterocycles. The lowest BCUT2D eigenvalue weighted by Gasteiger charge is -2.28. The molecule has 0 spiro atoms. The number of β-amino-alcohol motifs (C(OH)–C–C–N with tert-alkyl or cyclic N) is 1. The maximum Gasteiger partial charge on any atom is 0.168 e. The smallest absolute Gasteiger partial charge is 0.168 e. The molecule has 3 rings (SSSR count). The second kappa shape index (κ2) is 8.33. The van der Waals surface area contributed by atoms with Crippen LogP contribution < -0.4 is 9.47 Å². The molecule has 1 atom stereocenters. The third-order valence-electron chi connectivity index (χ3n) is 4.79. The highest BCUT2D eigenvalue weighted by Gasteiger charge is 2.24. The third kappa shape index (κ3) is 3.84. The van der Waals surface area contributed by atoms with Gasteiger partial charge in [-0.15, -0.1) is 0 Å². The summed E-state index contributed by atoms with van der Waals surface area (Å²) in [5.41, 5.74) is 3.28. The van der Waals surface area contributed by atoms with Gasteiger partial charge in [-0.05, 0) is 23.4 Å². The van der Waals surface area contributed by atoms with Gasteiger partial charge in [0.05, 0.1) is 26.0 Å². The van der Waals surface area contributed by atoms with Crippen LogP contribution in [0, 0.1) is 0 Å². The number of hydrogen-bond donors (Lipinski definition) is 1. The van der Waals surface area contributed by atoms with Gasteiger partial charge in [0.2, 0.25) is 0 Å². The summed E-state index contributed by atoms with van der Waals surface area (Å²) in [6.07, 6.45) is 0.381. The SMILES string of the molecule is CCSc1nc2c(n1C)CCN(C[C@H](O)c1ccc(OC)c(OC)c1)C2. The Morgan fingerprint density at radius 2 is 2.04 bits per heavy atom. The Kier molecular flexibility index (Phi) is 6.11. The van der Waals surface area contributed by atoms with Gasteiger partial charge in [-0.3, -0.25) is 4.90 Å². The second-order valence-electron chi connectivity index (χ2n) is 6.40. The Labute approximate surface area is 159 Å². The van der Waals surface area contributed by atoms with Crippen molar-refractivity contribution in [1.82, 2.24) is 14.5 Å². The zero-order valence-electron chi connectivity index (χ0n) is 15.9. The van der Waals surface area contributed by atoms with Crippen LogP contribution in [0.1, 0.15) is 30.0 Å². The third-order valence-corrected chi connectivity index (χ3v) is 5.70. The first-order valence-electron chi connectivity index (χ1n) is 8.87. The largest absolute Gasteiger partial charge is 0.493 e. The van der Waals surface area contributed by atoms with E-state index in [-0.39, 0.29) is 0 Å². The number of rotatable bonds is 7. The molecule has 7 heteroatoms. The first-order valence-corrected chi connectivity index (χ1v) is 9.85. The zero-order chi connectivity index (χ0) is 18.7. The van der Waals surface area contributed by atoms with E-state index in [1.807, 2.05) is 18.2 Å². The molecule has 0 radical (unpaired) electrons. The van der Waals surface area contributed by atoms with Crippen molar-refractivity contribution in [3.05, 3.63) is 35.2 Å². The molecule has 1 aromatic heterocycles. The quantitative estimate of drug-likeness (QED) is 0.749. The summed E-state index contributed by atoms with van der Waals surface area (Å²) in [4.78, 5) is 7.05. The van der Waals surface area contributed by atoms with E-state index in [2.05, 4.69) is 23.4 Å². The van der Waals surface area contributed by atoms with E-state index in [0.717, 1.165) is 41.7 Å². The van der Waals surface area contributed by atoms with Gasteiger partial charge in [-0.25, -0.2) is 4.98 Å². The average Bonchev–Trinajstić information content (AvgIpc) is 2.96. The van der Waals surface area contributed by atoms with Crippen molar-refractivity contribution in [2.45, 2.75) is 31.1 Å². The number of aliphatic hydroxyl groups is 1. The van der Waals surface area contributed by atoms with Crippen molar-refractivity contribution < 1.29 is 14.6 Å². The summed E-state index contributed by atoms with van der Waals surface area (Å²) < 4.78 is 12.8. The minimum Gasteiger partial charge on any atom is -0.493 e. The van der Waals surface area contributed by atoms with E-state index in [1.54, 1.807) is 26.0 Å². The number of fused-ring (bicyclic) bond motifs is 1. The predicted octanol–water partition coefficient (Wildman–Crippen LogP) is 2.64. The number of hydrogen-bond acceptors (Lipinski definition) is 6. The minimum absolute atomic E-state index is 0.571. The zero-order valence-corrected chi connectivity index (χ0v) is 16.7. The van der Waals surface area contributed by atoms with Crippen molar-refractivity contribution >= 4 is 11.8 Å². The van der Waals surface area contributed by atoms with Gasteiger partial charge >= 0.3 is 0 Å². The van der Waals surface area contributed by atoms with Gasteiger partial charge in [0, 0.05) is 38.8 Å². The van der Waals surface area contributed by atoms with Gasteiger partial charge in [0.25, 0.3) is 0 Å². The Bertz CT molecular complexity index is 763. The Morgan fingerprint density at radius 1 is 1.27 bits per heavy atom. The van der Waals surface area contributed by atoms with Crippen LogP contribution in [0.5, 0.6) is 11.5 Å². The Morgan fingerprint density at radius 3 is 2.73 bits per heavy atom. The van der Waals surface area contributed by atoms with E-state index in [1.165, 1.54) is 5.69 Å². The van der Waals surface area contributed by atoms with Crippen LogP contribution in [0.3, 0.4) is 0 Å². The number of imidazole rings is 1. The lowest BCUT2D eigenvalue weighted by atomic mass is 10.1. The number of nitrogens with zero attached hydrogens (tertiary/aromatic N) is 3. The van der Waals surface area contributed by atoms with Crippen LogP contribution in [0.15, 0.2) is 23.4 Å². The Hall–Kier alpha value is -1.70. The molecule has 1 aromatic carbocycles. The molecule has 1 N–H and O–H groups in total. The molecule has 0 bridgehead atoms. The topological polar surface area (TPSA) is 59.8 Å². The molecule has 26 heavy (non-hydrogen) atoms. The van der Waals surface area contributed by atoms with E-state index < -0.39 is 6.10 Å². The highest BCUT2D eigenvalue weighted by molar-refractivity contribution is 7.99. The van der Waals surface area contributed by atoms with Gasteiger partial charge in [-0.1, -0.05) is 24.8 Å². The fraction of sp³-hybridized carbons (Fsp3) is 0.526. The molecule has 0 aliphatic carbocycles. The average molecular weight is 378 g/mol. The van der Waals surface area contributed by atoms with E-state index in [4.69, 9.17) is 14.5 Å². The summed E-state index contributed by atoms with van der Waals surface area (Å²) in [5.74, 6) is 2.32. The van der Waals surface area contributed by atoms with Gasteiger partial charge in [0.15, 0.2) is 16.7 Å². The minimum atomic E-state index is -0.579. The number of ether oxygens (including phenoxy) is 2. The van der Waals surface area contributed by atoms with Crippen molar-refractivity contribution in [1.29, 1.82) is 0 Å². The summed E-state index contributed by atoms with van der Waals surface area (Å²) >= 11 is 1.77. The van der Waals surface area contributed by atoms with Crippen LogP contribution in [0.4, 0.5) is 0 Å². The summed E-state index contributed by atoms with van der Waals surface area (Å²) in [5, 5.41) is 11.8. The number of methoxy groups -OCH3 is 2. The summed E-state index contributed by atoms with van der Waals surface area (Å²) in [6, 6.07) is 5.56. The number of aliphatic hydroxyl groups excluding tert-OH is 1. The van der Waals surface area contributed by atoms with Gasteiger partial charge < -0.3 is 19.1 Å². The highest BCUT2D eigenvalue weighted by Crippen LogP contribution is 2.31. The van der Waals surface area contributed by atoms with Crippen molar-refractivity contribution in [3.63, 3.8) is 0 Å². The summed E-state index contributed by atoms with van der Waals surface area (Å²) in [7, 11) is 5.31. The standard InChI is InChI=1S/C19H27N3O3S/c1-5-26-19-20-14-11-22(9-8-15(14)21(19)2)12-16(23)13-6-7-17(24-3)18(10-13)25-4/h6-7,10,16,23H,5,8-9,11-12H2,1-4H3/t16-/m0/s1. The fourth-order valence-corrected chi connectivity index (χ4v) is 4.12. The fourth-order valence-electron chi connectivity index (χ4n) is 3.38. The Balaban J connectivity index is 1.69. The molecular weight excluding hydrogens is 350 g/mol. The van der Waals surface area contributed by atoms with Gasteiger partial charge in [-0.2, -0.15) is 0 Å². The number of thioether (sulfide) groups is 1. The van der Waals surface area contributed by atoms with Crippen LogP contribution in [0.2, 0.25) is 0 Å². The molecule has 0 fully saturated rings. The molecule has 0 amide bonds. The number of aromatic nitrogens is 2. The maximum absolute atomic E-state index is 10.7. The van der Waals surface area contributed by atoms with Crippen molar-refractivity contribution in [2.75, 3.05) is 33.1 Å². The van der Waals surface area contributed by atoms with E-state index >= 15 is 0 Å². The van der Waals surface area contributed by atoms with Crippen molar-refractivity contribution in [3.8, 4) is 11.5 Å². The monoisotopic (exact) mass is 377 g/mol. The van der Waals surface area contributed by atoms with E-state index in [9.17, 15) is 5.11 Å². The van der Waals surface area contributed by atoms with Crippen molar-refractivity contribution in [2.24, 2.45) is 7.05 Å². The molecule has 2 heterocycles. The van der Waals surface area contributed by atoms with Gasteiger partial charge in [0.1, 0.15) is 0 Å². The molecule has 6 nitrogen and oxygen atoms in total. The van der Waals surface area contributed by atoms with Crippen LogP contribution in [0.25, 0.3) is 0 Å². The first kappa shape index (κ1) is 19.1. The van der Waals surface area contributed by atoms with Crippen LogP contribution in [-0.4, -0.2) is 52.6 Å². The molecule has 0 unspecified atom stereocenters. The van der Waals surface area contributed by atoms with Crippen LogP contribution in [-0.2, 0) is 20.0 Å². The number of benzene rings is 1. The highest BCUT2D eigenvalue weighted by atomic mass is 32.2. The van der Waals surface area contributed by atoms with E-state index in [0.29, 0.717) is 18.0 Å². The maximum atomic E-state index is 10.7. The lowest BCUT2D eigenvalue weighted by molar-refractivity contribution is 0.104.